The Morgan fingerprint density at radius 1 is 1.22 bits per heavy atom. The first-order valence-corrected chi connectivity index (χ1v) is 7.61. The highest BCUT2D eigenvalue weighted by atomic mass is 16.5. The van der Waals surface area contributed by atoms with Crippen molar-refractivity contribution >= 4 is 11.6 Å². The molecule has 0 fully saturated rings. The van der Waals surface area contributed by atoms with Crippen LogP contribution in [-0.2, 0) is 11.2 Å². The van der Waals surface area contributed by atoms with Crippen molar-refractivity contribution in [2.24, 2.45) is 0 Å². The van der Waals surface area contributed by atoms with Gasteiger partial charge in [-0.1, -0.05) is 36.4 Å². The third kappa shape index (κ3) is 3.29. The standard InChI is InChI=1S/C18H20N2O3/c1-23-16-9-5-4-8-14(16)19-11-17(22)20-18-13-7-3-2-6-12(13)10-15(18)21/h2-9,15,18-19,21H,10-11H2,1H3,(H,20,22). The number of rotatable bonds is 5. The molecule has 0 spiro atoms. The Bertz CT molecular complexity index is 702. The molecule has 1 amide bonds. The molecule has 1 aliphatic carbocycles. The van der Waals surface area contributed by atoms with E-state index >= 15 is 0 Å². The largest absolute Gasteiger partial charge is 0.495 e. The summed E-state index contributed by atoms with van der Waals surface area (Å²) in [5.41, 5.74) is 2.84. The Labute approximate surface area is 135 Å². The van der Waals surface area contributed by atoms with Gasteiger partial charge >= 0.3 is 0 Å². The summed E-state index contributed by atoms with van der Waals surface area (Å²) in [5, 5.41) is 16.1. The van der Waals surface area contributed by atoms with Crippen LogP contribution in [0.1, 0.15) is 17.2 Å². The summed E-state index contributed by atoms with van der Waals surface area (Å²) in [5.74, 6) is 0.517. The van der Waals surface area contributed by atoms with Crippen LogP contribution >= 0.6 is 0 Å². The zero-order valence-corrected chi connectivity index (χ0v) is 13.0. The van der Waals surface area contributed by atoms with E-state index in [0.29, 0.717) is 12.2 Å². The van der Waals surface area contributed by atoms with Gasteiger partial charge in [-0.3, -0.25) is 4.79 Å². The number of nitrogens with one attached hydrogen (secondary N) is 2. The Morgan fingerprint density at radius 2 is 1.96 bits per heavy atom. The van der Waals surface area contributed by atoms with E-state index in [1.807, 2.05) is 48.5 Å². The van der Waals surface area contributed by atoms with Crippen LogP contribution in [0.5, 0.6) is 5.75 Å². The number of ether oxygens (including phenoxy) is 1. The molecule has 120 valence electrons. The number of methoxy groups -OCH3 is 1. The third-order valence-electron chi connectivity index (χ3n) is 4.07. The van der Waals surface area contributed by atoms with Crippen molar-refractivity contribution in [1.29, 1.82) is 0 Å². The lowest BCUT2D eigenvalue weighted by atomic mass is 10.1. The van der Waals surface area contributed by atoms with Gasteiger partial charge in [-0.2, -0.15) is 0 Å². The fourth-order valence-corrected chi connectivity index (χ4v) is 2.94. The van der Waals surface area contributed by atoms with Crippen molar-refractivity contribution in [3.05, 3.63) is 59.7 Å². The maximum Gasteiger partial charge on any atom is 0.239 e. The molecular formula is C18H20N2O3. The van der Waals surface area contributed by atoms with Gasteiger partial charge in [0, 0.05) is 6.42 Å². The summed E-state index contributed by atoms with van der Waals surface area (Å²) in [6, 6.07) is 14.9. The first kappa shape index (κ1) is 15.4. The predicted octanol–water partition coefficient (Wildman–Crippen LogP) is 1.88. The van der Waals surface area contributed by atoms with E-state index in [9.17, 15) is 9.90 Å². The maximum atomic E-state index is 12.2. The van der Waals surface area contributed by atoms with Gasteiger partial charge in [0.05, 0.1) is 31.5 Å². The topological polar surface area (TPSA) is 70.6 Å². The van der Waals surface area contributed by atoms with E-state index in [1.165, 1.54) is 0 Å². The highest BCUT2D eigenvalue weighted by Gasteiger charge is 2.31. The van der Waals surface area contributed by atoms with Gasteiger partial charge in [0.25, 0.3) is 0 Å². The molecular weight excluding hydrogens is 292 g/mol. The minimum Gasteiger partial charge on any atom is -0.495 e. The van der Waals surface area contributed by atoms with Gasteiger partial charge in [0.2, 0.25) is 5.91 Å². The molecule has 5 heteroatoms. The number of aliphatic hydroxyl groups is 1. The molecule has 0 saturated heterocycles. The lowest BCUT2D eigenvalue weighted by molar-refractivity contribution is -0.120. The second kappa shape index (κ2) is 6.71. The Hall–Kier alpha value is -2.53. The molecule has 2 aromatic rings. The fourth-order valence-electron chi connectivity index (χ4n) is 2.94. The van der Waals surface area contributed by atoms with Crippen molar-refractivity contribution in [2.75, 3.05) is 19.0 Å². The van der Waals surface area contributed by atoms with Crippen LogP contribution < -0.4 is 15.4 Å². The van der Waals surface area contributed by atoms with Crippen LogP contribution in [0.2, 0.25) is 0 Å². The molecule has 0 saturated carbocycles. The van der Waals surface area contributed by atoms with E-state index in [0.717, 1.165) is 16.8 Å². The predicted molar refractivity (Wildman–Crippen MR) is 88.5 cm³/mol. The summed E-state index contributed by atoms with van der Waals surface area (Å²) < 4.78 is 5.24. The van der Waals surface area contributed by atoms with Gasteiger partial charge in [0.1, 0.15) is 5.75 Å². The van der Waals surface area contributed by atoms with Crippen LogP contribution in [0.3, 0.4) is 0 Å². The summed E-state index contributed by atoms with van der Waals surface area (Å²) in [6.07, 6.45) is -0.0104. The van der Waals surface area contributed by atoms with E-state index in [1.54, 1.807) is 7.11 Å². The summed E-state index contributed by atoms with van der Waals surface area (Å²) >= 11 is 0. The highest BCUT2D eigenvalue weighted by molar-refractivity contribution is 5.82. The zero-order chi connectivity index (χ0) is 16.2. The minimum absolute atomic E-state index is 0.117. The monoisotopic (exact) mass is 312 g/mol. The number of fused-ring (bicyclic) bond motifs is 1. The van der Waals surface area contributed by atoms with Gasteiger partial charge in [-0.25, -0.2) is 0 Å². The number of anilines is 1. The molecule has 3 rings (SSSR count). The lowest BCUT2D eigenvalue weighted by Crippen LogP contribution is -2.37. The molecule has 3 N–H and O–H groups in total. The van der Waals surface area contributed by atoms with Crippen molar-refractivity contribution in [3.63, 3.8) is 0 Å². The number of carbonyl (C=O) groups is 1. The fraction of sp³-hybridized carbons (Fsp3) is 0.278. The normalized spacial score (nSPS) is 19.0. The van der Waals surface area contributed by atoms with Crippen LogP contribution in [0.15, 0.2) is 48.5 Å². The first-order chi connectivity index (χ1) is 11.2. The second-order valence-electron chi connectivity index (χ2n) is 5.57. The highest BCUT2D eigenvalue weighted by Crippen LogP contribution is 2.31. The van der Waals surface area contributed by atoms with Crippen molar-refractivity contribution in [1.82, 2.24) is 5.32 Å². The van der Waals surface area contributed by atoms with Crippen LogP contribution in [0.25, 0.3) is 0 Å². The molecule has 2 atom stereocenters. The van der Waals surface area contributed by atoms with E-state index in [4.69, 9.17) is 4.74 Å². The second-order valence-corrected chi connectivity index (χ2v) is 5.57. The Balaban J connectivity index is 1.62. The average Bonchev–Trinajstić information content (AvgIpc) is 2.89. The van der Waals surface area contributed by atoms with Gasteiger partial charge < -0.3 is 20.5 Å². The number of para-hydroxylation sites is 2. The molecule has 23 heavy (non-hydrogen) atoms. The first-order valence-electron chi connectivity index (χ1n) is 7.61. The molecule has 0 aliphatic heterocycles. The van der Waals surface area contributed by atoms with Crippen LogP contribution in [0, 0.1) is 0 Å². The van der Waals surface area contributed by atoms with Crippen molar-refractivity contribution in [2.45, 2.75) is 18.6 Å². The Kier molecular flexibility index (Phi) is 4.48. The number of amides is 1. The summed E-state index contributed by atoms with van der Waals surface area (Å²) in [7, 11) is 1.59. The molecule has 1 aliphatic rings. The van der Waals surface area contributed by atoms with E-state index in [2.05, 4.69) is 10.6 Å². The van der Waals surface area contributed by atoms with Crippen molar-refractivity contribution in [3.8, 4) is 5.75 Å². The number of carbonyl (C=O) groups excluding carboxylic acids is 1. The lowest BCUT2D eigenvalue weighted by Gasteiger charge is -2.18. The van der Waals surface area contributed by atoms with Gasteiger partial charge in [-0.15, -0.1) is 0 Å². The van der Waals surface area contributed by atoms with Gasteiger partial charge in [-0.05, 0) is 23.3 Å². The Morgan fingerprint density at radius 3 is 2.78 bits per heavy atom. The van der Waals surface area contributed by atoms with E-state index in [-0.39, 0.29) is 18.5 Å². The molecule has 0 aromatic heterocycles. The van der Waals surface area contributed by atoms with Crippen LogP contribution in [-0.4, -0.2) is 30.8 Å². The van der Waals surface area contributed by atoms with E-state index < -0.39 is 6.10 Å². The molecule has 0 radical (unpaired) electrons. The number of hydrogen-bond donors (Lipinski definition) is 3. The summed E-state index contributed by atoms with van der Waals surface area (Å²) in [4.78, 5) is 12.2. The average molecular weight is 312 g/mol. The number of benzene rings is 2. The molecule has 0 heterocycles. The zero-order valence-electron chi connectivity index (χ0n) is 13.0. The number of hydrogen-bond acceptors (Lipinski definition) is 4. The maximum absolute atomic E-state index is 12.2. The molecule has 0 bridgehead atoms. The van der Waals surface area contributed by atoms with Crippen LogP contribution in [0.4, 0.5) is 5.69 Å². The molecule has 2 aromatic carbocycles. The smallest absolute Gasteiger partial charge is 0.239 e. The summed E-state index contributed by atoms with van der Waals surface area (Å²) in [6.45, 7) is 0.117. The van der Waals surface area contributed by atoms with Gasteiger partial charge in [0.15, 0.2) is 0 Å². The molecule has 5 nitrogen and oxygen atoms in total. The third-order valence-corrected chi connectivity index (χ3v) is 4.07. The number of aliphatic hydroxyl groups excluding tert-OH is 1. The van der Waals surface area contributed by atoms with Crippen molar-refractivity contribution < 1.29 is 14.6 Å². The minimum atomic E-state index is -0.581. The molecule has 2 unspecified atom stereocenters. The quantitative estimate of drug-likeness (QED) is 0.788. The SMILES string of the molecule is COc1ccccc1NCC(=O)NC1c2ccccc2CC1O.